The summed E-state index contributed by atoms with van der Waals surface area (Å²) in [5.41, 5.74) is 4.52. The first-order valence-electron chi connectivity index (χ1n) is 11.7. The lowest BCUT2D eigenvalue weighted by molar-refractivity contribution is 0.0731. The lowest BCUT2D eigenvalue weighted by Crippen LogP contribution is -2.38. The molecule has 1 aromatic heterocycles. The van der Waals surface area contributed by atoms with Crippen molar-refractivity contribution in [2.24, 2.45) is 11.8 Å². The van der Waals surface area contributed by atoms with E-state index in [0.717, 1.165) is 44.2 Å². The number of fused-ring (bicyclic) bond motifs is 1. The summed E-state index contributed by atoms with van der Waals surface area (Å²) in [6.45, 7) is 7.21. The van der Waals surface area contributed by atoms with Gasteiger partial charge >= 0.3 is 0 Å². The quantitative estimate of drug-likeness (QED) is 0.583. The molecule has 0 bridgehead atoms. The Morgan fingerprint density at radius 2 is 2.00 bits per heavy atom. The molecule has 0 radical (unpaired) electrons. The molecule has 1 fully saturated rings. The highest BCUT2D eigenvalue weighted by Gasteiger charge is 2.29. The normalized spacial score (nSPS) is 17.6. The van der Waals surface area contributed by atoms with Crippen LogP contribution in [0.15, 0.2) is 36.5 Å². The Kier molecular flexibility index (Phi) is 6.91. The van der Waals surface area contributed by atoms with Crippen molar-refractivity contribution in [3.63, 3.8) is 0 Å². The minimum Gasteiger partial charge on any atom is -0.492 e. The second-order valence-electron chi connectivity index (χ2n) is 9.57. The average molecular weight is 422 g/mol. The third-order valence-electron chi connectivity index (χ3n) is 6.42. The van der Waals surface area contributed by atoms with Gasteiger partial charge in [0.15, 0.2) is 0 Å². The molecular formula is C26H35N3O2. The molecule has 4 rings (SSSR count). The van der Waals surface area contributed by atoms with Crippen molar-refractivity contribution in [1.82, 2.24) is 15.2 Å². The minimum atomic E-state index is -0.0258. The maximum Gasteiger partial charge on any atom is 0.272 e. The summed E-state index contributed by atoms with van der Waals surface area (Å²) in [6, 6.07) is 10.6. The fourth-order valence-corrected chi connectivity index (χ4v) is 4.09. The maximum absolute atomic E-state index is 13.0. The number of amides is 1. The molecule has 166 valence electrons. The van der Waals surface area contributed by atoms with Crippen LogP contribution in [-0.4, -0.2) is 42.0 Å². The first kappa shape index (κ1) is 21.8. The van der Waals surface area contributed by atoms with Crippen LogP contribution in [0.1, 0.15) is 60.3 Å². The van der Waals surface area contributed by atoms with E-state index < -0.39 is 0 Å². The number of nitrogens with zero attached hydrogens (tertiary/aromatic N) is 2. The Morgan fingerprint density at radius 3 is 2.71 bits per heavy atom. The predicted octanol–water partition coefficient (Wildman–Crippen LogP) is 4.25. The summed E-state index contributed by atoms with van der Waals surface area (Å²) in [4.78, 5) is 19.2. The Morgan fingerprint density at radius 1 is 1.19 bits per heavy atom. The van der Waals surface area contributed by atoms with Gasteiger partial charge in [-0.3, -0.25) is 4.79 Å². The molecule has 1 unspecified atom stereocenters. The molecule has 1 atom stereocenters. The summed E-state index contributed by atoms with van der Waals surface area (Å²) in [7, 11) is 1.90. The number of aromatic nitrogens is 1. The monoisotopic (exact) mass is 421 g/mol. The number of benzene rings is 1. The van der Waals surface area contributed by atoms with Crippen molar-refractivity contribution < 1.29 is 9.53 Å². The highest BCUT2D eigenvalue weighted by atomic mass is 16.5. The van der Waals surface area contributed by atoms with E-state index in [1.807, 2.05) is 18.0 Å². The smallest absolute Gasteiger partial charge is 0.272 e. The molecule has 2 aromatic rings. The summed E-state index contributed by atoms with van der Waals surface area (Å²) >= 11 is 0. The van der Waals surface area contributed by atoms with Crippen molar-refractivity contribution in [3.8, 4) is 5.75 Å². The van der Waals surface area contributed by atoms with Gasteiger partial charge in [0.1, 0.15) is 11.4 Å². The summed E-state index contributed by atoms with van der Waals surface area (Å²) in [5, 5.41) is 3.54. The molecule has 1 N–H and O–H groups in total. The van der Waals surface area contributed by atoms with E-state index in [1.54, 1.807) is 12.3 Å². The predicted molar refractivity (Wildman–Crippen MR) is 123 cm³/mol. The van der Waals surface area contributed by atoms with Crippen molar-refractivity contribution in [2.75, 3.05) is 20.2 Å². The standard InChI is InChI=1S/C26H35N3O2/c1-18(2)10-11-27-15-20-6-7-21-13-23(14-22(21)12-20)29(3)26(30)25-9-8-24(16-28-25)31-17-19-4-5-19/h6-9,12,16,18-19,23,27H,4-5,10-11,13-15,17H2,1-3H3. The van der Waals surface area contributed by atoms with E-state index in [9.17, 15) is 4.79 Å². The van der Waals surface area contributed by atoms with Crippen LogP contribution in [0.25, 0.3) is 0 Å². The number of hydrogen-bond donors (Lipinski definition) is 1. The molecule has 1 aromatic carbocycles. The summed E-state index contributed by atoms with van der Waals surface area (Å²) in [6.07, 6.45) is 7.19. The van der Waals surface area contributed by atoms with Gasteiger partial charge in [0.2, 0.25) is 0 Å². The van der Waals surface area contributed by atoms with E-state index >= 15 is 0 Å². The fraction of sp³-hybridized carbons (Fsp3) is 0.538. The van der Waals surface area contributed by atoms with Crippen LogP contribution in [0.3, 0.4) is 0 Å². The van der Waals surface area contributed by atoms with Crippen LogP contribution in [0.2, 0.25) is 0 Å². The first-order valence-corrected chi connectivity index (χ1v) is 11.7. The zero-order valence-corrected chi connectivity index (χ0v) is 19.1. The van der Waals surface area contributed by atoms with Crippen LogP contribution >= 0.6 is 0 Å². The van der Waals surface area contributed by atoms with Gasteiger partial charge in [-0.25, -0.2) is 4.98 Å². The Hall–Kier alpha value is -2.40. The topological polar surface area (TPSA) is 54.5 Å². The summed E-state index contributed by atoms with van der Waals surface area (Å²) < 4.78 is 5.73. The van der Waals surface area contributed by atoms with Gasteiger partial charge in [0.25, 0.3) is 5.91 Å². The van der Waals surface area contributed by atoms with Gasteiger partial charge in [-0.05, 0) is 79.3 Å². The SMILES string of the molecule is CC(C)CCNCc1ccc2c(c1)CC(N(C)C(=O)c1ccc(OCC3CC3)cn1)C2. The number of rotatable bonds is 10. The highest BCUT2D eigenvalue weighted by molar-refractivity contribution is 5.92. The van der Waals surface area contributed by atoms with Gasteiger partial charge in [-0.1, -0.05) is 32.0 Å². The molecular weight excluding hydrogens is 386 g/mol. The van der Waals surface area contributed by atoms with Crippen molar-refractivity contribution in [3.05, 3.63) is 58.9 Å². The summed E-state index contributed by atoms with van der Waals surface area (Å²) in [5.74, 6) is 2.14. The maximum atomic E-state index is 13.0. The van der Waals surface area contributed by atoms with Gasteiger partial charge in [0, 0.05) is 19.6 Å². The van der Waals surface area contributed by atoms with E-state index in [-0.39, 0.29) is 11.9 Å². The van der Waals surface area contributed by atoms with Gasteiger partial charge in [0.05, 0.1) is 12.8 Å². The number of ether oxygens (including phenoxy) is 1. The zero-order chi connectivity index (χ0) is 21.8. The molecule has 1 heterocycles. The van der Waals surface area contributed by atoms with Crippen LogP contribution < -0.4 is 10.1 Å². The number of carbonyl (C=O) groups is 1. The second kappa shape index (κ2) is 9.82. The molecule has 2 aliphatic carbocycles. The molecule has 0 aliphatic heterocycles. The third kappa shape index (κ3) is 5.85. The molecule has 0 saturated heterocycles. The van der Waals surface area contributed by atoms with Crippen molar-refractivity contribution in [2.45, 2.75) is 58.5 Å². The first-order chi connectivity index (χ1) is 15.0. The minimum absolute atomic E-state index is 0.0258. The highest BCUT2D eigenvalue weighted by Crippen LogP contribution is 2.30. The number of likely N-dealkylation sites (N-methyl/N-ethyl adjacent to an activating group) is 1. The molecule has 31 heavy (non-hydrogen) atoms. The van der Waals surface area contributed by atoms with Crippen molar-refractivity contribution >= 4 is 5.91 Å². The van der Waals surface area contributed by atoms with Crippen LogP contribution in [0.4, 0.5) is 0 Å². The zero-order valence-electron chi connectivity index (χ0n) is 19.1. The molecule has 1 saturated carbocycles. The van der Waals surface area contributed by atoms with Crippen LogP contribution in [-0.2, 0) is 19.4 Å². The fourth-order valence-electron chi connectivity index (χ4n) is 4.09. The van der Waals surface area contributed by atoms with Crippen LogP contribution in [0.5, 0.6) is 5.75 Å². The van der Waals surface area contributed by atoms with E-state index in [1.165, 1.54) is 36.0 Å². The Labute approximate surface area is 186 Å². The largest absolute Gasteiger partial charge is 0.492 e. The lowest BCUT2D eigenvalue weighted by atomic mass is 10.1. The number of carbonyl (C=O) groups excluding carboxylic acids is 1. The Balaban J connectivity index is 1.30. The Bertz CT molecular complexity index is 890. The molecule has 5 heteroatoms. The number of hydrogen-bond acceptors (Lipinski definition) is 4. The van der Waals surface area contributed by atoms with E-state index in [4.69, 9.17) is 4.74 Å². The van der Waals surface area contributed by atoms with Crippen molar-refractivity contribution in [1.29, 1.82) is 0 Å². The van der Waals surface area contributed by atoms with Gasteiger partial charge in [-0.2, -0.15) is 0 Å². The second-order valence-corrected chi connectivity index (χ2v) is 9.57. The van der Waals surface area contributed by atoms with Gasteiger partial charge in [-0.15, -0.1) is 0 Å². The lowest BCUT2D eigenvalue weighted by Gasteiger charge is -2.24. The molecule has 2 aliphatic rings. The molecule has 5 nitrogen and oxygen atoms in total. The van der Waals surface area contributed by atoms with Gasteiger partial charge < -0.3 is 15.0 Å². The third-order valence-corrected chi connectivity index (χ3v) is 6.42. The molecule has 0 spiro atoms. The average Bonchev–Trinajstić information content (AvgIpc) is 3.51. The van der Waals surface area contributed by atoms with E-state index in [2.05, 4.69) is 42.3 Å². The number of nitrogens with one attached hydrogen (secondary N) is 1. The van der Waals surface area contributed by atoms with Crippen LogP contribution in [0, 0.1) is 11.8 Å². The van der Waals surface area contributed by atoms with E-state index in [0.29, 0.717) is 11.6 Å². The molecule has 1 amide bonds. The number of pyridine rings is 1.